The van der Waals surface area contributed by atoms with E-state index in [2.05, 4.69) is 10.6 Å². The summed E-state index contributed by atoms with van der Waals surface area (Å²) in [7, 11) is 0. The van der Waals surface area contributed by atoms with E-state index in [0.29, 0.717) is 6.54 Å². The van der Waals surface area contributed by atoms with Crippen LogP contribution in [0.15, 0.2) is 35.7 Å². The lowest BCUT2D eigenvalue weighted by molar-refractivity contribution is -0.136. The summed E-state index contributed by atoms with van der Waals surface area (Å²) in [4.78, 5) is 25.6. The minimum absolute atomic E-state index is 0.143. The predicted molar refractivity (Wildman–Crippen MR) is 97.9 cm³/mol. The zero-order valence-corrected chi connectivity index (χ0v) is 15.5. The standard InChI is InChI=1S/C18H17ClF2N2O2S/c1-17(20,21)18(6-7-18)16(25)23-11-4-5-14(19)13(9-11)15(24)22-10-12-3-2-8-26-12/h2-5,8-9H,6-7,10H2,1H3,(H,22,24)(H,23,25). The smallest absolute Gasteiger partial charge is 0.259 e. The predicted octanol–water partition coefficient (Wildman–Crippen LogP) is 4.71. The Morgan fingerprint density at radius 2 is 2.04 bits per heavy atom. The van der Waals surface area contributed by atoms with Gasteiger partial charge in [-0.2, -0.15) is 0 Å². The van der Waals surface area contributed by atoms with Crippen molar-refractivity contribution in [1.82, 2.24) is 5.32 Å². The lowest BCUT2D eigenvalue weighted by atomic mass is 9.98. The average molecular weight is 399 g/mol. The van der Waals surface area contributed by atoms with Crippen molar-refractivity contribution >= 4 is 40.4 Å². The van der Waals surface area contributed by atoms with Crippen molar-refractivity contribution in [2.75, 3.05) is 5.32 Å². The van der Waals surface area contributed by atoms with E-state index in [-0.39, 0.29) is 29.1 Å². The van der Waals surface area contributed by atoms with Crippen LogP contribution in [-0.4, -0.2) is 17.7 Å². The first-order valence-corrected chi connectivity index (χ1v) is 9.28. The van der Waals surface area contributed by atoms with Crippen molar-refractivity contribution in [3.63, 3.8) is 0 Å². The molecule has 0 unspecified atom stereocenters. The number of carbonyl (C=O) groups excluding carboxylic acids is 2. The van der Waals surface area contributed by atoms with Crippen molar-refractivity contribution in [3.05, 3.63) is 51.2 Å². The Balaban J connectivity index is 1.71. The Kier molecular flexibility index (Phi) is 5.03. The van der Waals surface area contributed by atoms with Gasteiger partial charge in [0.05, 0.1) is 17.1 Å². The molecule has 1 aromatic heterocycles. The Bertz CT molecular complexity index is 830. The third kappa shape index (κ3) is 3.73. The van der Waals surface area contributed by atoms with Gasteiger partial charge < -0.3 is 10.6 Å². The average Bonchev–Trinajstić information content (AvgIpc) is 3.25. The normalized spacial score (nSPS) is 15.4. The van der Waals surface area contributed by atoms with Crippen LogP contribution < -0.4 is 10.6 Å². The number of hydrogen-bond donors (Lipinski definition) is 2. The van der Waals surface area contributed by atoms with Gasteiger partial charge >= 0.3 is 0 Å². The quantitative estimate of drug-likeness (QED) is 0.740. The molecule has 2 N–H and O–H groups in total. The Morgan fingerprint density at radius 1 is 1.31 bits per heavy atom. The molecule has 2 amide bonds. The summed E-state index contributed by atoms with van der Waals surface area (Å²) in [5.74, 6) is -4.23. The first kappa shape index (κ1) is 18.8. The number of halogens is 3. The number of benzene rings is 1. The van der Waals surface area contributed by atoms with E-state index < -0.39 is 23.2 Å². The molecule has 26 heavy (non-hydrogen) atoms. The summed E-state index contributed by atoms with van der Waals surface area (Å²) in [6, 6.07) is 8.12. The van der Waals surface area contributed by atoms with Gasteiger partial charge in [0.2, 0.25) is 5.91 Å². The number of nitrogens with one attached hydrogen (secondary N) is 2. The molecule has 1 saturated carbocycles. The highest BCUT2D eigenvalue weighted by atomic mass is 35.5. The summed E-state index contributed by atoms with van der Waals surface area (Å²) >= 11 is 7.58. The van der Waals surface area contributed by atoms with E-state index in [0.717, 1.165) is 11.8 Å². The molecular formula is C18H17ClF2N2O2S. The van der Waals surface area contributed by atoms with Gasteiger partial charge in [0.25, 0.3) is 11.8 Å². The third-order valence-corrected chi connectivity index (χ3v) is 5.70. The molecule has 3 rings (SSSR count). The topological polar surface area (TPSA) is 58.2 Å². The second-order valence-electron chi connectivity index (χ2n) is 6.38. The number of alkyl halides is 2. The summed E-state index contributed by atoms with van der Waals surface area (Å²) < 4.78 is 27.4. The fraction of sp³-hybridized carbons (Fsp3) is 0.333. The molecule has 0 spiro atoms. The molecule has 0 aliphatic heterocycles. The highest BCUT2D eigenvalue weighted by Gasteiger charge is 2.64. The lowest BCUT2D eigenvalue weighted by Gasteiger charge is -2.22. The molecule has 1 fully saturated rings. The molecule has 8 heteroatoms. The highest BCUT2D eigenvalue weighted by Crippen LogP contribution is 2.57. The summed E-state index contributed by atoms with van der Waals surface area (Å²) in [6.07, 6.45) is 0.286. The van der Waals surface area contributed by atoms with E-state index >= 15 is 0 Å². The number of thiophene rings is 1. The maximum absolute atomic E-state index is 13.7. The molecular weight excluding hydrogens is 382 g/mol. The monoisotopic (exact) mass is 398 g/mol. The molecule has 4 nitrogen and oxygen atoms in total. The molecule has 1 aromatic carbocycles. The second kappa shape index (κ2) is 6.96. The van der Waals surface area contributed by atoms with Crippen LogP contribution in [0.3, 0.4) is 0 Å². The van der Waals surface area contributed by atoms with Crippen LogP contribution in [0, 0.1) is 5.41 Å². The number of carbonyl (C=O) groups is 2. The third-order valence-electron chi connectivity index (χ3n) is 4.50. The van der Waals surface area contributed by atoms with E-state index in [1.807, 2.05) is 17.5 Å². The molecule has 1 aliphatic rings. The van der Waals surface area contributed by atoms with Gasteiger partial charge in [0.1, 0.15) is 5.41 Å². The SMILES string of the molecule is CC(F)(F)C1(C(=O)Nc2ccc(Cl)c(C(=O)NCc3cccs3)c2)CC1. The zero-order valence-electron chi connectivity index (χ0n) is 13.9. The highest BCUT2D eigenvalue weighted by molar-refractivity contribution is 7.09. The molecule has 0 saturated heterocycles. The fourth-order valence-electron chi connectivity index (χ4n) is 2.69. The zero-order chi connectivity index (χ0) is 18.9. The van der Waals surface area contributed by atoms with E-state index in [1.165, 1.54) is 29.5 Å². The van der Waals surface area contributed by atoms with E-state index in [1.54, 1.807) is 0 Å². The van der Waals surface area contributed by atoms with Gasteiger partial charge in [0.15, 0.2) is 0 Å². The minimum atomic E-state index is -3.09. The Hall–Kier alpha value is -1.99. The van der Waals surface area contributed by atoms with Gasteiger partial charge in [0, 0.05) is 17.5 Å². The molecule has 0 bridgehead atoms. The Morgan fingerprint density at radius 3 is 2.62 bits per heavy atom. The number of anilines is 1. The van der Waals surface area contributed by atoms with Crippen LogP contribution in [-0.2, 0) is 11.3 Å². The van der Waals surface area contributed by atoms with Crippen LogP contribution in [0.1, 0.15) is 35.0 Å². The van der Waals surface area contributed by atoms with Gasteiger partial charge in [-0.15, -0.1) is 11.3 Å². The number of rotatable bonds is 6. The van der Waals surface area contributed by atoms with Gasteiger partial charge in [-0.05, 0) is 42.5 Å². The summed E-state index contributed by atoms with van der Waals surface area (Å²) in [5.41, 5.74) is -1.22. The van der Waals surface area contributed by atoms with Gasteiger partial charge in [-0.25, -0.2) is 8.78 Å². The first-order valence-electron chi connectivity index (χ1n) is 8.02. The van der Waals surface area contributed by atoms with E-state index in [4.69, 9.17) is 11.6 Å². The van der Waals surface area contributed by atoms with Crippen molar-refractivity contribution in [3.8, 4) is 0 Å². The van der Waals surface area contributed by atoms with Crippen LogP contribution in [0.5, 0.6) is 0 Å². The molecule has 1 heterocycles. The van der Waals surface area contributed by atoms with Gasteiger partial charge in [-0.1, -0.05) is 17.7 Å². The molecule has 1 aliphatic carbocycles. The molecule has 0 radical (unpaired) electrons. The summed E-state index contributed by atoms with van der Waals surface area (Å²) in [6.45, 7) is 1.11. The molecule has 138 valence electrons. The maximum atomic E-state index is 13.7. The largest absolute Gasteiger partial charge is 0.347 e. The van der Waals surface area contributed by atoms with Crippen molar-refractivity contribution < 1.29 is 18.4 Å². The van der Waals surface area contributed by atoms with E-state index in [9.17, 15) is 18.4 Å². The van der Waals surface area contributed by atoms with Crippen LogP contribution in [0.4, 0.5) is 14.5 Å². The van der Waals surface area contributed by atoms with Crippen molar-refractivity contribution in [1.29, 1.82) is 0 Å². The fourth-order valence-corrected chi connectivity index (χ4v) is 3.54. The second-order valence-corrected chi connectivity index (χ2v) is 7.82. The first-order chi connectivity index (χ1) is 12.2. The maximum Gasteiger partial charge on any atom is 0.259 e. The van der Waals surface area contributed by atoms with Crippen LogP contribution >= 0.6 is 22.9 Å². The lowest BCUT2D eigenvalue weighted by Crippen LogP contribution is -2.37. The number of amides is 2. The minimum Gasteiger partial charge on any atom is -0.347 e. The molecule has 2 aromatic rings. The van der Waals surface area contributed by atoms with Crippen LogP contribution in [0.2, 0.25) is 5.02 Å². The van der Waals surface area contributed by atoms with Crippen LogP contribution in [0.25, 0.3) is 0 Å². The Labute approximate surface area is 158 Å². The summed E-state index contributed by atoms with van der Waals surface area (Å²) in [5, 5.41) is 7.35. The molecule has 0 atom stereocenters. The number of hydrogen-bond acceptors (Lipinski definition) is 3. The van der Waals surface area contributed by atoms with Crippen molar-refractivity contribution in [2.45, 2.75) is 32.2 Å². The van der Waals surface area contributed by atoms with Gasteiger partial charge in [-0.3, -0.25) is 9.59 Å². The van der Waals surface area contributed by atoms with Crippen molar-refractivity contribution in [2.24, 2.45) is 5.41 Å².